The molecule has 8 heteroatoms. The summed E-state index contributed by atoms with van der Waals surface area (Å²) in [5.41, 5.74) is 0. The zero-order chi connectivity index (χ0) is 25.0. The highest BCUT2D eigenvalue weighted by molar-refractivity contribution is 8.02. The molecule has 3 aliphatic rings. The van der Waals surface area contributed by atoms with E-state index in [0.29, 0.717) is 39.0 Å². The number of aliphatic hydroxyl groups is 1. The Morgan fingerprint density at radius 2 is 2.03 bits per heavy atom. The number of aliphatic hydroxyl groups excluding tert-OH is 1. The average Bonchev–Trinajstić information content (AvgIpc) is 3.38. The third-order valence-electron chi connectivity index (χ3n) is 7.59. The third-order valence-corrected chi connectivity index (χ3v) is 9.66. The van der Waals surface area contributed by atoms with Crippen LogP contribution in [-0.4, -0.2) is 81.1 Å². The van der Waals surface area contributed by atoms with Crippen molar-refractivity contribution in [3.05, 3.63) is 25.3 Å². The van der Waals surface area contributed by atoms with Crippen LogP contribution in [0.25, 0.3) is 0 Å². The first-order chi connectivity index (χ1) is 16.3. The summed E-state index contributed by atoms with van der Waals surface area (Å²) < 4.78 is 4.97. The molecule has 1 spiro atoms. The van der Waals surface area contributed by atoms with Crippen molar-refractivity contribution in [1.82, 2.24) is 9.80 Å². The molecule has 1 N–H and O–H groups in total. The van der Waals surface area contributed by atoms with Gasteiger partial charge in [-0.3, -0.25) is 14.4 Å². The largest absolute Gasteiger partial charge is 0.465 e. The molecule has 3 saturated heterocycles. The maximum atomic E-state index is 14.1. The summed E-state index contributed by atoms with van der Waals surface area (Å²) in [4.78, 5) is 44.7. The number of carbonyl (C=O) groups excluding carboxylic acids is 3. The van der Waals surface area contributed by atoms with Gasteiger partial charge in [0.15, 0.2) is 0 Å². The van der Waals surface area contributed by atoms with E-state index >= 15 is 0 Å². The molecule has 34 heavy (non-hydrogen) atoms. The summed E-state index contributed by atoms with van der Waals surface area (Å²) in [5, 5.41) is 9.28. The predicted octanol–water partition coefficient (Wildman–Crippen LogP) is 3.03. The fourth-order valence-corrected chi connectivity index (χ4v) is 8.45. The van der Waals surface area contributed by atoms with Gasteiger partial charge in [-0.05, 0) is 51.9 Å². The molecule has 7 nitrogen and oxygen atoms in total. The van der Waals surface area contributed by atoms with Gasteiger partial charge in [-0.25, -0.2) is 0 Å². The van der Waals surface area contributed by atoms with Gasteiger partial charge >= 0.3 is 5.97 Å². The van der Waals surface area contributed by atoms with Crippen molar-refractivity contribution in [2.45, 2.75) is 75.0 Å². The van der Waals surface area contributed by atoms with Crippen LogP contribution in [0.15, 0.2) is 25.3 Å². The Morgan fingerprint density at radius 1 is 1.29 bits per heavy atom. The van der Waals surface area contributed by atoms with Crippen LogP contribution in [0.3, 0.4) is 0 Å². The molecule has 3 rings (SSSR count). The van der Waals surface area contributed by atoms with Crippen LogP contribution in [0.2, 0.25) is 0 Å². The number of hydrogen-bond acceptors (Lipinski definition) is 6. The van der Waals surface area contributed by atoms with Crippen LogP contribution in [0, 0.1) is 17.8 Å². The van der Waals surface area contributed by atoms with Crippen molar-refractivity contribution < 1.29 is 24.2 Å². The SMILES string of the molecule is C=CCCCOC(=O)[C@@H]1[C@@H]2CC(C)C3(S2)C(C(=O)N(CC=C)C(C)C)N(CCCCO)C(=O)[C@H]13. The Hall–Kier alpha value is -1.80. The van der Waals surface area contributed by atoms with E-state index in [4.69, 9.17) is 4.74 Å². The normalized spacial score (nSPS) is 31.6. The van der Waals surface area contributed by atoms with Crippen molar-refractivity contribution in [3.8, 4) is 0 Å². The van der Waals surface area contributed by atoms with E-state index in [0.717, 1.165) is 12.8 Å². The highest BCUT2D eigenvalue weighted by Gasteiger charge is 2.76. The first kappa shape index (κ1) is 26.8. The second-order valence-electron chi connectivity index (χ2n) is 9.99. The molecule has 3 fully saturated rings. The Balaban J connectivity index is 1.97. The molecule has 0 aromatic heterocycles. The first-order valence-corrected chi connectivity index (χ1v) is 13.4. The monoisotopic (exact) mass is 492 g/mol. The molecule has 3 heterocycles. The lowest BCUT2D eigenvalue weighted by molar-refractivity contribution is -0.154. The van der Waals surface area contributed by atoms with Crippen LogP contribution < -0.4 is 0 Å². The summed E-state index contributed by atoms with van der Waals surface area (Å²) in [6.07, 6.45) is 6.94. The Kier molecular flexibility index (Phi) is 8.90. The summed E-state index contributed by atoms with van der Waals surface area (Å²) in [5.74, 6) is -1.47. The second kappa shape index (κ2) is 11.3. The molecule has 0 radical (unpaired) electrons. The minimum absolute atomic E-state index is 0.0161. The number of allylic oxidation sites excluding steroid dienone is 1. The summed E-state index contributed by atoms with van der Waals surface area (Å²) in [6.45, 7) is 14.7. The minimum Gasteiger partial charge on any atom is -0.465 e. The van der Waals surface area contributed by atoms with Crippen molar-refractivity contribution in [2.24, 2.45) is 17.8 Å². The lowest BCUT2D eigenvalue weighted by Gasteiger charge is -2.41. The number of amides is 2. The topological polar surface area (TPSA) is 87.2 Å². The molecular weight excluding hydrogens is 452 g/mol. The van der Waals surface area contributed by atoms with E-state index < -0.39 is 22.6 Å². The van der Waals surface area contributed by atoms with E-state index in [1.54, 1.807) is 33.7 Å². The van der Waals surface area contributed by atoms with Crippen molar-refractivity contribution in [3.63, 3.8) is 0 Å². The molecular formula is C26H40N2O5S. The standard InChI is InChI=1S/C26H40N2O5S/c1-6-8-11-15-33-25(32)20-19-16-18(5)26(34-19)21(20)23(30)28(13-9-10-14-29)22(26)24(31)27(12-7-2)17(3)4/h6-7,17-22,29H,1-2,8-16H2,3-5H3/t18?,19-,20+,21-,22?,26?/m0/s1. The predicted molar refractivity (Wildman–Crippen MR) is 134 cm³/mol. The van der Waals surface area contributed by atoms with Gasteiger partial charge in [0, 0.05) is 31.0 Å². The van der Waals surface area contributed by atoms with Gasteiger partial charge in [0.05, 0.1) is 23.2 Å². The molecule has 6 atom stereocenters. The molecule has 2 bridgehead atoms. The van der Waals surface area contributed by atoms with E-state index in [9.17, 15) is 19.5 Å². The van der Waals surface area contributed by atoms with E-state index in [-0.39, 0.29) is 41.6 Å². The Morgan fingerprint density at radius 3 is 2.65 bits per heavy atom. The highest BCUT2D eigenvalue weighted by atomic mass is 32.2. The molecule has 0 saturated carbocycles. The van der Waals surface area contributed by atoms with Crippen LogP contribution >= 0.6 is 11.8 Å². The van der Waals surface area contributed by atoms with Crippen LogP contribution in [0.1, 0.15) is 52.9 Å². The number of thioether (sulfide) groups is 1. The van der Waals surface area contributed by atoms with Gasteiger partial charge in [0.2, 0.25) is 11.8 Å². The zero-order valence-electron chi connectivity index (χ0n) is 20.8. The van der Waals surface area contributed by atoms with Gasteiger partial charge in [0.1, 0.15) is 6.04 Å². The van der Waals surface area contributed by atoms with Crippen molar-refractivity contribution >= 4 is 29.5 Å². The maximum Gasteiger partial charge on any atom is 0.310 e. The third kappa shape index (κ3) is 4.55. The van der Waals surface area contributed by atoms with Gasteiger partial charge in [-0.15, -0.1) is 24.9 Å². The van der Waals surface area contributed by atoms with Crippen LogP contribution in [0.4, 0.5) is 0 Å². The number of hydrogen-bond donors (Lipinski definition) is 1. The average molecular weight is 493 g/mol. The first-order valence-electron chi connectivity index (χ1n) is 12.5. The lowest BCUT2D eigenvalue weighted by atomic mass is 9.66. The van der Waals surface area contributed by atoms with Gasteiger partial charge in [-0.1, -0.05) is 19.1 Å². The maximum absolute atomic E-state index is 14.1. The molecule has 0 aromatic carbocycles. The Labute approximate surface area is 208 Å². The number of nitrogens with zero attached hydrogens (tertiary/aromatic N) is 2. The van der Waals surface area contributed by atoms with Crippen LogP contribution in [-0.2, 0) is 19.1 Å². The number of likely N-dealkylation sites (tertiary alicyclic amines) is 1. The molecule has 0 aliphatic carbocycles. The zero-order valence-corrected chi connectivity index (χ0v) is 21.6. The minimum atomic E-state index is -0.642. The van der Waals surface area contributed by atoms with Gasteiger partial charge in [-0.2, -0.15) is 0 Å². The Bertz CT molecular complexity index is 802. The quantitative estimate of drug-likeness (QED) is 0.242. The fourth-order valence-electron chi connectivity index (χ4n) is 6.05. The van der Waals surface area contributed by atoms with Gasteiger partial charge in [0.25, 0.3) is 0 Å². The number of fused-ring (bicyclic) bond motifs is 1. The number of ether oxygens (including phenoxy) is 1. The second-order valence-corrected chi connectivity index (χ2v) is 11.5. The molecule has 2 amide bonds. The fraction of sp³-hybridized carbons (Fsp3) is 0.731. The van der Waals surface area contributed by atoms with E-state index in [1.807, 2.05) is 13.8 Å². The molecule has 3 aliphatic heterocycles. The lowest BCUT2D eigenvalue weighted by Crippen LogP contribution is -2.58. The molecule has 3 unspecified atom stereocenters. The van der Waals surface area contributed by atoms with Crippen molar-refractivity contribution in [2.75, 3.05) is 26.3 Å². The number of esters is 1. The smallest absolute Gasteiger partial charge is 0.310 e. The summed E-state index contributed by atoms with van der Waals surface area (Å²) >= 11 is 1.67. The highest BCUT2D eigenvalue weighted by Crippen LogP contribution is 2.68. The van der Waals surface area contributed by atoms with Crippen LogP contribution in [0.5, 0.6) is 0 Å². The number of carbonyl (C=O) groups is 3. The van der Waals surface area contributed by atoms with Crippen molar-refractivity contribution in [1.29, 1.82) is 0 Å². The molecule has 0 aromatic rings. The van der Waals surface area contributed by atoms with E-state index in [1.165, 1.54) is 0 Å². The number of rotatable bonds is 13. The van der Waals surface area contributed by atoms with E-state index in [2.05, 4.69) is 20.1 Å². The summed E-state index contributed by atoms with van der Waals surface area (Å²) in [6, 6.07) is -0.672. The molecule has 190 valence electrons. The van der Waals surface area contributed by atoms with Gasteiger partial charge < -0.3 is 19.6 Å². The summed E-state index contributed by atoms with van der Waals surface area (Å²) in [7, 11) is 0. The number of unbranched alkanes of at least 4 members (excludes halogenated alkanes) is 2.